The summed E-state index contributed by atoms with van der Waals surface area (Å²) in [5, 5.41) is 3.34. The van der Waals surface area contributed by atoms with Crippen molar-refractivity contribution in [3.05, 3.63) is 28.2 Å². The van der Waals surface area contributed by atoms with Crippen molar-refractivity contribution in [1.82, 2.24) is 5.32 Å². The van der Waals surface area contributed by atoms with Crippen LogP contribution in [0.3, 0.4) is 0 Å². The van der Waals surface area contributed by atoms with Crippen LogP contribution in [0.1, 0.15) is 12.0 Å². The average molecular weight is 345 g/mol. The molecule has 0 fully saturated rings. The first-order chi connectivity index (χ1) is 9.69. The third-order valence-corrected chi connectivity index (χ3v) is 3.71. The summed E-state index contributed by atoms with van der Waals surface area (Å²) in [6.07, 6.45) is 1.03. The number of benzene rings is 1. The van der Waals surface area contributed by atoms with Gasteiger partial charge < -0.3 is 19.7 Å². The highest BCUT2D eigenvalue weighted by atomic mass is 79.9. The Morgan fingerprint density at radius 2 is 1.95 bits per heavy atom. The van der Waals surface area contributed by atoms with Gasteiger partial charge in [0.15, 0.2) is 0 Å². The lowest BCUT2D eigenvalue weighted by Gasteiger charge is -2.21. The molecule has 0 atom stereocenters. The Hall–Kier alpha value is -0.620. The first kappa shape index (κ1) is 17.4. The summed E-state index contributed by atoms with van der Waals surface area (Å²) in [4.78, 5) is 2.24. The molecular weight excluding hydrogens is 320 g/mol. The van der Waals surface area contributed by atoms with E-state index in [1.807, 2.05) is 0 Å². The Kier molecular flexibility index (Phi) is 8.85. The molecule has 1 N–H and O–H groups in total. The highest BCUT2D eigenvalue weighted by Crippen LogP contribution is 2.26. The van der Waals surface area contributed by atoms with E-state index >= 15 is 0 Å². The van der Waals surface area contributed by atoms with Crippen molar-refractivity contribution in [2.75, 3.05) is 52.5 Å². The molecule has 0 bridgehead atoms. The lowest BCUT2D eigenvalue weighted by atomic mass is 10.2. The Balaban J connectivity index is 2.49. The minimum Gasteiger partial charge on any atom is -0.385 e. The van der Waals surface area contributed by atoms with E-state index in [0.29, 0.717) is 0 Å². The fourth-order valence-corrected chi connectivity index (χ4v) is 2.67. The molecule has 20 heavy (non-hydrogen) atoms. The third kappa shape index (κ3) is 6.22. The summed E-state index contributed by atoms with van der Waals surface area (Å²) in [7, 11) is 5.56. The fraction of sp³-hybridized carbons (Fsp3) is 0.600. The van der Waals surface area contributed by atoms with E-state index in [1.165, 1.54) is 11.3 Å². The maximum absolute atomic E-state index is 5.08. The lowest BCUT2D eigenvalue weighted by Crippen LogP contribution is -2.21. The molecule has 0 aromatic heterocycles. The zero-order chi connectivity index (χ0) is 14.8. The smallest absolute Gasteiger partial charge is 0.0587 e. The van der Waals surface area contributed by atoms with Crippen molar-refractivity contribution in [1.29, 1.82) is 0 Å². The van der Waals surface area contributed by atoms with Crippen LogP contribution in [0.5, 0.6) is 0 Å². The molecule has 0 saturated heterocycles. The molecule has 0 saturated carbocycles. The van der Waals surface area contributed by atoms with E-state index in [-0.39, 0.29) is 0 Å². The molecular formula is C15H25BrN2O2. The van der Waals surface area contributed by atoms with Gasteiger partial charge in [0.1, 0.15) is 0 Å². The molecule has 0 unspecified atom stereocenters. The summed E-state index contributed by atoms with van der Waals surface area (Å²) in [6, 6.07) is 6.49. The zero-order valence-corrected chi connectivity index (χ0v) is 14.2. The lowest BCUT2D eigenvalue weighted by molar-refractivity contribution is 0.196. The summed E-state index contributed by atoms with van der Waals surface area (Å²) < 4.78 is 11.2. The first-order valence-corrected chi connectivity index (χ1v) is 7.66. The molecule has 0 aliphatic carbocycles. The maximum Gasteiger partial charge on any atom is 0.0587 e. The molecule has 114 valence electrons. The molecule has 0 aliphatic rings. The van der Waals surface area contributed by atoms with Crippen LogP contribution in [0.25, 0.3) is 0 Å². The number of ether oxygens (including phenoxy) is 2. The van der Waals surface area contributed by atoms with Crippen molar-refractivity contribution in [3.8, 4) is 0 Å². The SMILES string of the molecule is COCCCN(C)c1ccc(CNCCOC)cc1Br. The van der Waals surface area contributed by atoms with E-state index in [1.54, 1.807) is 14.2 Å². The minimum atomic E-state index is 0.738. The number of nitrogens with one attached hydrogen (secondary N) is 1. The molecule has 4 nitrogen and oxygen atoms in total. The third-order valence-electron chi connectivity index (χ3n) is 3.08. The molecule has 1 aromatic rings. The predicted molar refractivity (Wildman–Crippen MR) is 87.5 cm³/mol. The van der Waals surface area contributed by atoms with Gasteiger partial charge in [0.2, 0.25) is 0 Å². The monoisotopic (exact) mass is 344 g/mol. The van der Waals surface area contributed by atoms with E-state index in [4.69, 9.17) is 9.47 Å². The number of rotatable bonds is 10. The highest BCUT2D eigenvalue weighted by Gasteiger charge is 2.06. The minimum absolute atomic E-state index is 0.738. The number of methoxy groups -OCH3 is 2. The van der Waals surface area contributed by atoms with Gasteiger partial charge >= 0.3 is 0 Å². The average Bonchev–Trinajstić information content (AvgIpc) is 2.44. The Bertz CT molecular complexity index is 388. The molecule has 1 aromatic carbocycles. The van der Waals surface area contributed by atoms with Gasteiger partial charge in [0.05, 0.1) is 12.3 Å². The quantitative estimate of drug-likeness (QED) is 0.661. The Labute approximate surface area is 130 Å². The largest absolute Gasteiger partial charge is 0.385 e. The molecule has 0 amide bonds. The van der Waals surface area contributed by atoms with Gasteiger partial charge in [0, 0.05) is 52.0 Å². The van der Waals surface area contributed by atoms with Crippen LogP contribution in [0, 0.1) is 0 Å². The van der Waals surface area contributed by atoms with E-state index in [2.05, 4.69) is 51.4 Å². The highest BCUT2D eigenvalue weighted by molar-refractivity contribution is 9.10. The van der Waals surface area contributed by atoms with E-state index < -0.39 is 0 Å². The van der Waals surface area contributed by atoms with E-state index in [9.17, 15) is 0 Å². The number of nitrogens with zero attached hydrogens (tertiary/aromatic N) is 1. The van der Waals surface area contributed by atoms with Crippen LogP contribution in [0.4, 0.5) is 5.69 Å². The number of hydrogen-bond acceptors (Lipinski definition) is 4. The second-order valence-corrected chi connectivity index (χ2v) is 5.58. The van der Waals surface area contributed by atoms with Crippen LogP contribution in [-0.4, -0.2) is 47.6 Å². The van der Waals surface area contributed by atoms with Crippen LogP contribution in [0.15, 0.2) is 22.7 Å². The van der Waals surface area contributed by atoms with Crippen molar-refractivity contribution in [3.63, 3.8) is 0 Å². The Morgan fingerprint density at radius 1 is 1.20 bits per heavy atom. The van der Waals surface area contributed by atoms with Gasteiger partial charge in [-0.25, -0.2) is 0 Å². The summed E-state index contributed by atoms with van der Waals surface area (Å²) in [6.45, 7) is 4.24. The van der Waals surface area contributed by atoms with E-state index in [0.717, 1.165) is 43.7 Å². The molecule has 5 heteroatoms. The van der Waals surface area contributed by atoms with Crippen LogP contribution in [0.2, 0.25) is 0 Å². The summed E-state index contributed by atoms with van der Waals surface area (Å²) >= 11 is 3.65. The van der Waals surface area contributed by atoms with Gasteiger partial charge in [-0.1, -0.05) is 6.07 Å². The van der Waals surface area contributed by atoms with Crippen molar-refractivity contribution in [2.24, 2.45) is 0 Å². The fourth-order valence-electron chi connectivity index (χ4n) is 1.94. The predicted octanol–water partition coefficient (Wildman–Crippen LogP) is 2.66. The molecule has 1 rings (SSSR count). The standard InChI is InChI=1S/C15H25BrN2O2/c1-18(8-4-9-19-2)15-6-5-13(11-14(15)16)12-17-7-10-20-3/h5-6,11,17H,4,7-10,12H2,1-3H3. The number of halogens is 1. The second-order valence-electron chi connectivity index (χ2n) is 4.72. The van der Waals surface area contributed by atoms with Gasteiger partial charge in [-0.3, -0.25) is 0 Å². The second kappa shape index (κ2) is 10.2. The maximum atomic E-state index is 5.08. The molecule has 0 radical (unpaired) electrons. The number of hydrogen-bond donors (Lipinski definition) is 1. The van der Waals surface area contributed by atoms with Gasteiger partial charge in [0.25, 0.3) is 0 Å². The zero-order valence-electron chi connectivity index (χ0n) is 12.6. The Morgan fingerprint density at radius 3 is 2.60 bits per heavy atom. The summed E-state index contributed by atoms with van der Waals surface area (Å²) in [5.41, 5.74) is 2.48. The van der Waals surface area contributed by atoms with Crippen LogP contribution < -0.4 is 10.2 Å². The van der Waals surface area contributed by atoms with Gasteiger partial charge in [-0.15, -0.1) is 0 Å². The topological polar surface area (TPSA) is 33.7 Å². The van der Waals surface area contributed by atoms with Crippen molar-refractivity contribution in [2.45, 2.75) is 13.0 Å². The number of anilines is 1. The molecule has 0 aliphatic heterocycles. The molecule has 0 spiro atoms. The first-order valence-electron chi connectivity index (χ1n) is 6.87. The van der Waals surface area contributed by atoms with Gasteiger partial charge in [-0.05, 0) is 40.0 Å². The normalized spacial score (nSPS) is 10.8. The van der Waals surface area contributed by atoms with Crippen molar-refractivity contribution >= 4 is 21.6 Å². The summed E-state index contributed by atoms with van der Waals surface area (Å²) in [5.74, 6) is 0. The van der Waals surface area contributed by atoms with Crippen molar-refractivity contribution < 1.29 is 9.47 Å². The van der Waals surface area contributed by atoms with Gasteiger partial charge in [-0.2, -0.15) is 0 Å². The van der Waals surface area contributed by atoms with Crippen LogP contribution >= 0.6 is 15.9 Å². The van der Waals surface area contributed by atoms with Crippen LogP contribution in [-0.2, 0) is 16.0 Å². The molecule has 0 heterocycles.